The van der Waals surface area contributed by atoms with Crippen LogP contribution in [0.2, 0.25) is 0 Å². The Morgan fingerprint density at radius 2 is 2.17 bits per heavy atom. The summed E-state index contributed by atoms with van der Waals surface area (Å²) in [6.07, 6.45) is 5.89. The van der Waals surface area contributed by atoms with Crippen LogP contribution < -0.4 is 10.1 Å². The van der Waals surface area contributed by atoms with Gasteiger partial charge in [0, 0.05) is 24.1 Å². The van der Waals surface area contributed by atoms with E-state index in [0.29, 0.717) is 6.54 Å². The molecule has 1 N–H and O–H groups in total. The molecule has 1 amide bonds. The summed E-state index contributed by atoms with van der Waals surface area (Å²) in [6, 6.07) is 10.2. The van der Waals surface area contributed by atoms with Crippen molar-refractivity contribution in [3.05, 3.63) is 47.7 Å². The molecule has 2 aromatic rings. The van der Waals surface area contributed by atoms with Crippen molar-refractivity contribution >= 4 is 5.91 Å². The van der Waals surface area contributed by atoms with Gasteiger partial charge in [0.2, 0.25) is 5.91 Å². The summed E-state index contributed by atoms with van der Waals surface area (Å²) in [5.74, 6) is 1.32. The number of ether oxygens (including phenoxy) is 1. The normalized spacial score (nSPS) is 19.3. The molecule has 1 unspecified atom stereocenters. The molecule has 2 heterocycles. The number of aryl methyl sites for hydroxylation is 1. The maximum absolute atomic E-state index is 12.0. The average Bonchev–Trinajstić information content (AvgIpc) is 2.95. The Balaban J connectivity index is 1.49. The summed E-state index contributed by atoms with van der Waals surface area (Å²) < 4.78 is 6.17. The second-order valence-electron chi connectivity index (χ2n) is 6.78. The maximum atomic E-state index is 12.0. The summed E-state index contributed by atoms with van der Waals surface area (Å²) in [6.45, 7) is 2.64. The number of fused-ring (bicyclic) bond motifs is 1. The smallest absolute Gasteiger partial charge is 0.223 e. The summed E-state index contributed by atoms with van der Waals surface area (Å²) in [5.41, 5.74) is 4.34. The first-order valence-electron chi connectivity index (χ1n) is 8.70. The van der Waals surface area contributed by atoms with Gasteiger partial charge in [0.05, 0.1) is 12.2 Å². The predicted octanol–water partition coefficient (Wildman–Crippen LogP) is 3.28. The van der Waals surface area contributed by atoms with Gasteiger partial charge in [0.25, 0.3) is 0 Å². The van der Waals surface area contributed by atoms with Crippen LogP contribution in [-0.2, 0) is 11.2 Å². The van der Waals surface area contributed by atoms with Gasteiger partial charge in [0.1, 0.15) is 11.9 Å². The molecule has 1 aliphatic carbocycles. The van der Waals surface area contributed by atoms with E-state index < -0.39 is 0 Å². The van der Waals surface area contributed by atoms with Crippen molar-refractivity contribution in [2.45, 2.75) is 38.7 Å². The molecule has 0 saturated heterocycles. The van der Waals surface area contributed by atoms with Gasteiger partial charge in [-0.3, -0.25) is 9.78 Å². The zero-order valence-corrected chi connectivity index (χ0v) is 13.9. The quantitative estimate of drug-likeness (QED) is 0.940. The van der Waals surface area contributed by atoms with E-state index in [-0.39, 0.29) is 17.9 Å². The van der Waals surface area contributed by atoms with E-state index in [1.165, 1.54) is 12.0 Å². The van der Waals surface area contributed by atoms with Crippen LogP contribution in [0.1, 0.15) is 30.4 Å². The van der Waals surface area contributed by atoms with Crippen molar-refractivity contribution in [3.8, 4) is 17.0 Å². The number of hydrogen-bond donors (Lipinski definition) is 1. The minimum Gasteiger partial charge on any atom is -0.487 e. The lowest BCUT2D eigenvalue weighted by atomic mass is 9.85. The Morgan fingerprint density at radius 3 is 2.92 bits per heavy atom. The number of nitrogens with one attached hydrogen (secondary N) is 1. The van der Waals surface area contributed by atoms with Gasteiger partial charge in [-0.05, 0) is 43.0 Å². The lowest BCUT2D eigenvalue weighted by molar-refractivity contribution is -0.127. The zero-order chi connectivity index (χ0) is 16.5. The number of carbonyl (C=O) groups excluding carboxylic acids is 1. The van der Waals surface area contributed by atoms with Crippen LogP contribution in [0.5, 0.6) is 5.75 Å². The molecule has 1 aliphatic heterocycles. The highest BCUT2D eigenvalue weighted by molar-refractivity contribution is 5.79. The first kappa shape index (κ1) is 15.2. The van der Waals surface area contributed by atoms with Crippen molar-refractivity contribution in [3.63, 3.8) is 0 Å². The fourth-order valence-electron chi connectivity index (χ4n) is 3.44. The third-order valence-electron chi connectivity index (χ3n) is 5.07. The van der Waals surface area contributed by atoms with E-state index in [0.717, 1.165) is 41.8 Å². The summed E-state index contributed by atoms with van der Waals surface area (Å²) >= 11 is 0. The van der Waals surface area contributed by atoms with Crippen molar-refractivity contribution in [2.24, 2.45) is 5.92 Å². The lowest BCUT2D eigenvalue weighted by Gasteiger charge is -2.24. The van der Waals surface area contributed by atoms with Crippen LogP contribution in [0.3, 0.4) is 0 Å². The highest BCUT2D eigenvalue weighted by Gasteiger charge is 2.29. The molecule has 124 valence electrons. The molecule has 1 aromatic heterocycles. The number of hydrogen-bond acceptors (Lipinski definition) is 3. The highest BCUT2D eigenvalue weighted by atomic mass is 16.5. The predicted molar refractivity (Wildman–Crippen MR) is 92.9 cm³/mol. The van der Waals surface area contributed by atoms with Gasteiger partial charge < -0.3 is 10.1 Å². The molecular formula is C20H22N2O2. The number of amides is 1. The molecule has 4 rings (SSSR count). The Bertz CT molecular complexity index is 768. The van der Waals surface area contributed by atoms with E-state index in [2.05, 4.69) is 41.5 Å². The van der Waals surface area contributed by atoms with Gasteiger partial charge >= 0.3 is 0 Å². The Morgan fingerprint density at radius 1 is 1.29 bits per heavy atom. The molecule has 4 heteroatoms. The number of aromatic nitrogens is 1. The second kappa shape index (κ2) is 6.27. The van der Waals surface area contributed by atoms with Crippen LogP contribution in [-0.4, -0.2) is 23.5 Å². The summed E-state index contributed by atoms with van der Waals surface area (Å²) in [7, 11) is 0. The van der Waals surface area contributed by atoms with Crippen LogP contribution in [0.25, 0.3) is 11.3 Å². The molecule has 1 fully saturated rings. The Hall–Kier alpha value is -2.36. The number of rotatable bonds is 4. The average molecular weight is 322 g/mol. The Labute approximate surface area is 142 Å². The van der Waals surface area contributed by atoms with Gasteiger partial charge in [0.15, 0.2) is 0 Å². The fourth-order valence-corrected chi connectivity index (χ4v) is 3.44. The van der Waals surface area contributed by atoms with Gasteiger partial charge in [-0.1, -0.05) is 24.6 Å². The summed E-state index contributed by atoms with van der Waals surface area (Å²) in [4.78, 5) is 16.5. The topological polar surface area (TPSA) is 51.2 Å². The molecule has 0 radical (unpaired) electrons. The van der Waals surface area contributed by atoms with Crippen molar-refractivity contribution < 1.29 is 9.53 Å². The zero-order valence-electron chi connectivity index (χ0n) is 13.9. The monoisotopic (exact) mass is 322 g/mol. The van der Waals surface area contributed by atoms with Crippen molar-refractivity contribution in [1.29, 1.82) is 0 Å². The molecule has 4 nitrogen and oxygen atoms in total. The van der Waals surface area contributed by atoms with Gasteiger partial charge in [-0.15, -0.1) is 0 Å². The standard InChI is InChI=1S/C20H22N2O2/c1-13-5-4-10-21-18(13)17-9-3-8-15-11-16(24-19(15)17)12-22-20(23)14-6-2-7-14/h3-5,8-10,14,16H,2,6-7,11-12H2,1H3,(H,22,23). The van der Waals surface area contributed by atoms with Crippen LogP contribution >= 0.6 is 0 Å². The minimum atomic E-state index is 0.00851. The number of carbonyl (C=O) groups is 1. The van der Waals surface area contributed by atoms with E-state index in [1.807, 2.05) is 12.3 Å². The summed E-state index contributed by atoms with van der Waals surface area (Å²) in [5, 5.41) is 3.05. The van der Waals surface area contributed by atoms with Crippen molar-refractivity contribution in [2.75, 3.05) is 6.54 Å². The molecule has 2 aliphatic rings. The number of pyridine rings is 1. The molecule has 1 aromatic carbocycles. The van der Waals surface area contributed by atoms with Crippen LogP contribution in [0.4, 0.5) is 0 Å². The molecule has 24 heavy (non-hydrogen) atoms. The fraction of sp³-hybridized carbons (Fsp3) is 0.400. The SMILES string of the molecule is Cc1cccnc1-c1cccc2c1OC(CNC(=O)C1CCC1)C2. The molecule has 1 atom stereocenters. The molecular weight excluding hydrogens is 300 g/mol. The van der Waals surface area contributed by atoms with E-state index in [9.17, 15) is 4.79 Å². The first-order valence-corrected chi connectivity index (χ1v) is 8.70. The van der Waals surface area contributed by atoms with Crippen molar-refractivity contribution in [1.82, 2.24) is 10.3 Å². The third-order valence-corrected chi connectivity index (χ3v) is 5.07. The molecule has 1 saturated carbocycles. The highest BCUT2D eigenvalue weighted by Crippen LogP contribution is 2.38. The van der Waals surface area contributed by atoms with E-state index >= 15 is 0 Å². The minimum absolute atomic E-state index is 0.00851. The van der Waals surface area contributed by atoms with Gasteiger partial charge in [-0.2, -0.15) is 0 Å². The van der Waals surface area contributed by atoms with Crippen LogP contribution in [0.15, 0.2) is 36.5 Å². The number of benzene rings is 1. The number of para-hydroxylation sites is 1. The maximum Gasteiger partial charge on any atom is 0.223 e. The van der Waals surface area contributed by atoms with Gasteiger partial charge in [-0.25, -0.2) is 0 Å². The molecule has 0 bridgehead atoms. The second-order valence-corrected chi connectivity index (χ2v) is 6.78. The number of nitrogens with zero attached hydrogens (tertiary/aromatic N) is 1. The third kappa shape index (κ3) is 2.77. The van der Waals surface area contributed by atoms with E-state index in [1.54, 1.807) is 0 Å². The largest absolute Gasteiger partial charge is 0.487 e. The first-order chi connectivity index (χ1) is 11.7. The molecule has 0 spiro atoms. The van der Waals surface area contributed by atoms with E-state index in [4.69, 9.17) is 4.74 Å². The lowest BCUT2D eigenvalue weighted by Crippen LogP contribution is -2.40. The Kier molecular flexibility index (Phi) is 3.97. The van der Waals surface area contributed by atoms with Crippen LogP contribution in [0, 0.1) is 12.8 Å².